The molecule has 0 fully saturated rings. The first-order chi connectivity index (χ1) is 9.63. The van der Waals surface area contributed by atoms with E-state index in [0.29, 0.717) is 19.4 Å². The van der Waals surface area contributed by atoms with Crippen LogP contribution in [0.1, 0.15) is 25.8 Å². The molecule has 4 heteroatoms. The van der Waals surface area contributed by atoms with Gasteiger partial charge in [-0.3, -0.25) is 4.79 Å². The van der Waals surface area contributed by atoms with E-state index in [4.69, 9.17) is 5.26 Å². The summed E-state index contributed by atoms with van der Waals surface area (Å²) in [6.07, 6.45) is 2.64. The molecule has 0 bridgehead atoms. The van der Waals surface area contributed by atoms with Crippen LogP contribution in [0.5, 0.6) is 0 Å². The number of benzene rings is 1. The second-order valence-electron chi connectivity index (χ2n) is 5.13. The summed E-state index contributed by atoms with van der Waals surface area (Å²) >= 11 is 0. The molecule has 1 N–H and O–H groups in total. The van der Waals surface area contributed by atoms with E-state index in [1.54, 1.807) is 4.90 Å². The fraction of sp³-hybridized carbons (Fsp3) is 0.375. The molecule has 0 radical (unpaired) electrons. The molecule has 20 heavy (non-hydrogen) atoms. The summed E-state index contributed by atoms with van der Waals surface area (Å²) in [5.74, 6) is 0.0694. The zero-order chi connectivity index (χ0) is 14.5. The van der Waals surface area contributed by atoms with Gasteiger partial charge in [-0.1, -0.05) is 18.2 Å². The van der Waals surface area contributed by atoms with Crippen LogP contribution in [0, 0.1) is 11.3 Å². The molecule has 4 nitrogen and oxygen atoms in total. The zero-order valence-corrected chi connectivity index (χ0v) is 11.9. The van der Waals surface area contributed by atoms with Crippen LogP contribution in [-0.4, -0.2) is 28.4 Å². The van der Waals surface area contributed by atoms with Crippen molar-refractivity contribution < 1.29 is 4.79 Å². The highest BCUT2D eigenvalue weighted by Crippen LogP contribution is 2.19. The summed E-state index contributed by atoms with van der Waals surface area (Å²) in [6, 6.07) is 10.2. The number of carbonyl (C=O) groups excluding carboxylic acids is 1. The van der Waals surface area contributed by atoms with E-state index >= 15 is 0 Å². The lowest BCUT2D eigenvalue weighted by Gasteiger charge is -2.25. The van der Waals surface area contributed by atoms with Gasteiger partial charge in [-0.05, 0) is 25.5 Å². The van der Waals surface area contributed by atoms with Crippen LogP contribution in [0.2, 0.25) is 0 Å². The number of H-pyrrole nitrogens is 1. The quantitative estimate of drug-likeness (QED) is 0.907. The summed E-state index contributed by atoms with van der Waals surface area (Å²) in [5.41, 5.74) is 2.05. The lowest BCUT2D eigenvalue weighted by molar-refractivity contribution is -0.132. The smallest absolute Gasteiger partial charge is 0.227 e. The summed E-state index contributed by atoms with van der Waals surface area (Å²) in [7, 11) is 0. The summed E-state index contributed by atoms with van der Waals surface area (Å²) in [4.78, 5) is 17.4. The molecule has 0 aliphatic heterocycles. The van der Waals surface area contributed by atoms with Crippen molar-refractivity contribution in [3.63, 3.8) is 0 Å². The van der Waals surface area contributed by atoms with Gasteiger partial charge in [-0.15, -0.1) is 0 Å². The highest BCUT2D eigenvalue weighted by Gasteiger charge is 2.18. The van der Waals surface area contributed by atoms with Crippen LogP contribution < -0.4 is 0 Å². The van der Waals surface area contributed by atoms with Gasteiger partial charge >= 0.3 is 0 Å². The predicted molar refractivity (Wildman–Crippen MR) is 79.1 cm³/mol. The van der Waals surface area contributed by atoms with Gasteiger partial charge in [0.1, 0.15) is 0 Å². The SMILES string of the molecule is CC(C)N(CCC#N)C(=O)Cc1c[nH]c2ccccc12. The van der Waals surface area contributed by atoms with E-state index in [-0.39, 0.29) is 11.9 Å². The lowest BCUT2D eigenvalue weighted by Crippen LogP contribution is -2.38. The Labute approximate surface area is 119 Å². The molecule has 1 amide bonds. The van der Waals surface area contributed by atoms with Crippen LogP contribution in [0.25, 0.3) is 10.9 Å². The van der Waals surface area contributed by atoms with Crippen LogP contribution >= 0.6 is 0 Å². The van der Waals surface area contributed by atoms with Crippen molar-refractivity contribution in [1.29, 1.82) is 5.26 Å². The van der Waals surface area contributed by atoms with Crippen LogP contribution in [0.3, 0.4) is 0 Å². The number of nitriles is 1. The fourth-order valence-electron chi connectivity index (χ4n) is 2.38. The van der Waals surface area contributed by atoms with Crippen molar-refractivity contribution >= 4 is 16.8 Å². The zero-order valence-electron chi connectivity index (χ0n) is 11.9. The molecule has 1 aromatic carbocycles. The van der Waals surface area contributed by atoms with E-state index in [1.165, 1.54) is 0 Å². The largest absolute Gasteiger partial charge is 0.361 e. The van der Waals surface area contributed by atoms with E-state index in [1.807, 2.05) is 44.3 Å². The summed E-state index contributed by atoms with van der Waals surface area (Å²) < 4.78 is 0. The van der Waals surface area contributed by atoms with E-state index in [9.17, 15) is 4.79 Å². The van der Waals surface area contributed by atoms with Gasteiger partial charge in [0.25, 0.3) is 0 Å². The molecule has 2 rings (SSSR count). The molecule has 104 valence electrons. The number of amides is 1. The number of rotatable bonds is 5. The van der Waals surface area contributed by atoms with Gasteiger partial charge in [0, 0.05) is 29.7 Å². The molecule has 0 saturated heterocycles. The molecular formula is C16H19N3O. The number of hydrogen-bond acceptors (Lipinski definition) is 2. The van der Waals surface area contributed by atoms with Crippen molar-refractivity contribution in [3.05, 3.63) is 36.0 Å². The number of aromatic amines is 1. The fourth-order valence-corrected chi connectivity index (χ4v) is 2.38. The van der Waals surface area contributed by atoms with Crippen LogP contribution in [-0.2, 0) is 11.2 Å². The minimum atomic E-state index is 0.0694. The monoisotopic (exact) mass is 269 g/mol. The van der Waals surface area contributed by atoms with Crippen LogP contribution in [0.4, 0.5) is 0 Å². The van der Waals surface area contributed by atoms with E-state index in [2.05, 4.69) is 11.1 Å². The number of nitrogens with one attached hydrogen (secondary N) is 1. The maximum Gasteiger partial charge on any atom is 0.227 e. The van der Waals surface area contributed by atoms with Crippen molar-refractivity contribution in [2.45, 2.75) is 32.7 Å². The maximum absolute atomic E-state index is 12.4. The predicted octanol–water partition coefficient (Wildman–Crippen LogP) is 2.86. The third-order valence-electron chi connectivity index (χ3n) is 3.42. The topological polar surface area (TPSA) is 59.9 Å². The van der Waals surface area contributed by atoms with Gasteiger partial charge in [0.15, 0.2) is 0 Å². The first kappa shape index (κ1) is 14.1. The minimum Gasteiger partial charge on any atom is -0.361 e. The Hall–Kier alpha value is -2.28. The number of hydrogen-bond donors (Lipinski definition) is 1. The second kappa shape index (κ2) is 6.25. The molecule has 1 aromatic heterocycles. The Morgan fingerprint density at radius 2 is 2.15 bits per heavy atom. The van der Waals surface area contributed by atoms with Crippen LogP contribution in [0.15, 0.2) is 30.5 Å². The Kier molecular flexibility index (Phi) is 4.41. The standard InChI is InChI=1S/C16H19N3O/c1-12(2)19(9-5-8-17)16(20)10-13-11-18-15-7-4-3-6-14(13)15/h3-4,6-7,11-12,18H,5,9-10H2,1-2H3. The Bertz CT molecular complexity index is 636. The van der Waals surface area contributed by atoms with Gasteiger partial charge in [-0.25, -0.2) is 0 Å². The average Bonchev–Trinajstić information content (AvgIpc) is 2.82. The lowest BCUT2D eigenvalue weighted by atomic mass is 10.1. The highest BCUT2D eigenvalue weighted by molar-refractivity contribution is 5.88. The Morgan fingerprint density at radius 3 is 2.85 bits per heavy atom. The normalized spacial score (nSPS) is 10.7. The van der Waals surface area contributed by atoms with Gasteiger partial charge < -0.3 is 9.88 Å². The number of carbonyl (C=O) groups is 1. The molecule has 0 atom stereocenters. The number of fused-ring (bicyclic) bond motifs is 1. The van der Waals surface area contributed by atoms with Gasteiger partial charge in [0.05, 0.1) is 18.9 Å². The second-order valence-corrected chi connectivity index (χ2v) is 5.13. The molecule has 0 saturated carbocycles. The van der Waals surface area contributed by atoms with Crippen molar-refractivity contribution in [2.75, 3.05) is 6.54 Å². The number of para-hydroxylation sites is 1. The van der Waals surface area contributed by atoms with Crippen molar-refractivity contribution in [2.24, 2.45) is 0 Å². The highest BCUT2D eigenvalue weighted by atomic mass is 16.2. The first-order valence-electron chi connectivity index (χ1n) is 6.85. The molecule has 0 unspecified atom stereocenters. The molecule has 0 spiro atoms. The molecule has 0 aliphatic rings. The average molecular weight is 269 g/mol. The number of nitrogens with zero attached hydrogens (tertiary/aromatic N) is 2. The van der Waals surface area contributed by atoms with E-state index in [0.717, 1.165) is 16.5 Å². The van der Waals surface area contributed by atoms with Gasteiger partial charge in [-0.2, -0.15) is 5.26 Å². The van der Waals surface area contributed by atoms with Crippen molar-refractivity contribution in [1.82, 2.24) is 9.88 Å². The Morgan fingerprint density at radius 1 is 1.40 bits per heavy atom. The van der Waals surface area contributed by atoms with Gasteiger partial charge in [0.2, 0.25) is 5.91 Å². The Balaban J connectivity index is 2.15. The molecule has 1 heterocycles. The third-order valence-corrected chi connectivity index (χ3v) is 3.42. The number of aromatic nitrogens is 1. The third kappa shape index (κ3) is 3.00. The molecule has 0 aliphatic carbocycles. The molecular weight excluding hydrogens is 250 g/mol. The summed E-state index contributed by atoms with van der Waals surface area (Å²) in [5, 5.41) is 9.77. The maximum atomic E-state index is 12.4. The minimum absolute atomic E-state index is 0.0694. The first-order valence-corrected chi connectivity index (χ1v) is 6.85. The van der Waals surface area contributed by atoms with E-state index < -0.39 is 0 Å². The molecule has 2 aromatic rings. The summed E-state index contributed by atoms with van der Waals surface area (Å²) in [6.45, 7) is 4.45. The van der Waals surface area contributed by atoms with Crippen molar-refractivity contribution in [3.8, 4) is 6.07 Å².